The molecule has 2 heterocycles. The lowest BCUT2D eigenvalue weighted by atomic mass is 10.1. The van der Waals surface area contributed by atoms with Gasteiger partial charge in [-0.1, -0.05) is 35.0 Å². The van der Waals surface area contributed by atoms with E-state index in [1.807, 2.05) is 0 Å². The highest BCUT2D eigenvalue weighted by Gasteiger charge is 2.42. The van der Waals surface area contributed by atoms with Crippen molar-refractivity contribution in [3.8, 4) is 5.69 Å². The second-order valence-corrected chi connectivity index (χ2v) is 6.44. The molecule has 0 fully saturated rings. The summed E-state index contributed by atoms with van der Waals surface area (Å²) in [6.07, 6.45) is -3.55. The van der Waals surface area contributed by atoms with Crippen LogP contribution in [0.3, 0.4) is 0 Å². The number of aromatic nitrogens is 4. The van der Waals surface area contributed by atoms with Crippen LogP contribution in [0.5, 0.6) is 0 Å². The van der Waals surface area contributed by atoms with Crippen molar-refractivity contribution in [1.29, 1.82) is 0 Å². The third-order valence-corrected chi connectivity index (χ3v) is 4.33. The number of hydrogen-bond acceptors (Lipinski definition) is 4. The topological polar surface area (TPSA) is 72.7 Å². The number of nitrogens with one attached hydrogen (secondary N) is 1. The van der Waals surface area contributed by atoms with Gasteiger partial charge in [-0.05, 0) is 36.4 Å². The standard InChI is InChI=1S/C19H11ClF3N5O/c20-11-6-7-13-14(10-11)24-9-8-15(13)28-17(19(21,22)23)16(26-27-28)18(29)25-12-4-2-1-3-5-12/h1-10H,(H,25,29). The highest BCUT2D eigenvalue weighted by Crippen LogP contribution is 2.34. The van der Waals surface area contributed by atoms with Gasteiger partial charge < -0.3 is 5.32 Å². The number of pyridine rings is 1. The Labute approximate surface area is 166 Å². The summed E-state index contributed by atoms with van der Waals surface area (Å²) in [5.41, 5.74) is -1.32. The predicted octanol–water partition coefficient (Wildman–Crippen LogP) is 4.74. The second-order valence-electron chi connectivity index (χ2n) is 6.01. The minimum atomic E-state index is -4.88. The Hall–Kier alpha value is -3.46. The fourth-order valence-corrected chi connectivity index (χ4v) is 3.03. The van der Waals surface area contributed by atoms with Gasteiger partial charge in [-0.25, -0.2) is 4.68 Å². The van der Waals surface area contributed by atoms with Crippen LogP contribution in [0.1, 0.15) is 16.2 Å². The van der Waals surface area contributed by atoms with E-state index in [1.54, 1.807) is 30.3 Å². The molecule has 0 saturated heterocycles. The number of halogens is 4. The zero-order valence-corrected chi connectivity index (χ0v) is 15.2. The van der Waals surface area contributed by atoms with E-state index in [9.17, 15) is 18.0 Å². The van der Waals surface area contributed by atoms with Gasteiger partial charge in [0.25, 0.3) is 5.91 Å². The van der Waals surface area contributed by atoms with Crippen LogP contribution < -0.4 is 5.32 Å². The van der Waals surface area contributed by atoms with Crippen molar-refractivity contribution < 1.29 is 18.0 Å². The molecule has 1 amide bonds. The van der Waals surface area contributed by atoms with E-state index >= 15 is 0 Å². The Bertz CT molecular complexity index is 1210. The first kappa shape index (κ1) is 18.9. The minimum absolute atomic E-state index is 0.0743. The summed E-state index contributed by atoms with van der Waals surface area (Å²) in [5, 5.41) is 10.3. The second kappa shape index (κ2) is 7.17. The van der Waals surface area contributed by atoms with Gasteiger partial charge in [0, 0.05) is 22.3 Å². The smallest absolute Gasteiger partial charge is 0.321 e. The molecule has 2 aromatic heterocycles. The Balaban J connectivity index is 1.85. The van der Waals surface area contributed by atoms with Gasteiger partial charge >= 0.3 is 6.18 Å². The molecule has 0 spiro atoms. The summed E-state index contributed by atoms with van der Waals surface area (Å²) in [4.78, 5) is 16.6. The van der Waals surface area contributed by atoms with Crippen LogP contribution >= 0.6 is 11.6 Å². The maximum absolute atomic E-state index is 13.9. The summed E-state index contributed by atoms with van der Waals surface area (Å²) in [5.74, 6) is -1.02. The number of benzene rings is 2. The third-order valence-electron chi connectivity index (χ3n) is 4.10. The van der Waals surface area contributed by atoms with Crippen LogP contribution in [-0.4, -0.2) is 25.9 Å². The van der Waals surface area contributed by atoms with Crippen LogP contribution in [0.2, 0.25) is 5.02 Å². The molecule has 0 unspecified atom stereocenters. The summed E-state index contributed by atoms with van der Waals surface area (Å²) in [6, 6.07) is 14.1. The molecule has 0 aliphatic heterocycles. The first-order chi connectivity index (χ1) is 13.8. The molecule has 0 bridgehead atoms. The zero-order valence-electron chi connectivity index (χ0n) is 14.5. The third kappa shape index (κ3) is 3.64. The normalized spacial score (nSPS) is 11.6. The van der Waals surface area contributed by atoms with E-state index in [0.29, 0.717) is 26.3 Å². The highest BCUT2D eigenvalue weighted by atomic mass is 35.5. The maximum atomic E-state index is 13.9. The number of para-hydroxylation sites is 1. The molecule has 0 aliphatic carbocycles. The van der Waals surface area contributed by atoms with E-state index in [0.717, 1.165) is 0 Å². The van der Waals surface area contributed by atoms with Crippen LogP contribution in [0.25, 0.3) is 16.6 Å². The van der Waals surface area contributed by atoms with Crippen LogP contribution in [-0.2, 0) is 6.18 Å². The van der Waals surface area contributed by atoms with Crippen LogP contribution in [0.4, 0.5) is 18.9 Å². The van der Waals surface area contributed by atoms with Crippen molar-refractivity contribution in [2.45, 2.75) is 6.18 Å². The zero-order chi connectivity index (χ0) is 20.6. The summed E-state index contributed by atoms with van der Waals surface area (Å²) >= 11 is 5.94. The number of nitrogens with zero attached hydrogens (tertiary/aromatic N) is 4. The van der Waals surface area contributed by atoms with E-state index in [-0.39, 0.29) is 5.69 Å². The summed E-state index contributed by atoms with van der Waals surface area (Å²) < 4.78 is 42.2. The molecular formula is C19H11ClF3N5O. The SMILES string of the molecule is O=C(Nc1ccccc1)c1nnn(-c2ccnc3cc(Cl)ccc23)c1C(F)(F)F. The molecule has 2 aromatic carbocycles. The average Bonchev–Trinajstić information content (AvgIpc) is 3.14. The van der Waals surface area contributed by atoms with Crippen LogP contribution in [0, 0.1) is 0 Å². The average molecular weight is 418 g/mol. The van der Waals surface area contributed by atoms with E-state index < -0.39 is 23.5 Å². The van der Waals surface area contributed by atoms with Crippen molar-refractivity contribution in [2.24, 2.45) is 0 Å². The van der Waals surface area contributed by atoms with Crippen molar-refractivity contribution in [3.63, 3.8) is 0 Å². The quantitative estimate of drug-likeness (QED) is 0.522. The Morgan fingerprint density at radius 1 is 1.07 bits per heavy atom. The minimum Gasteiger partial charge on any atom is -0.321 e. The molecule has 0 aliphatic rings. The lowest BCUT2D eigenvalue weighted by Gasteiger charge is -2.13. The molecule has 1 N–H and O–H groups in total. The first-order valence-electron chi connectivity index (χ1n) is 8.28. The molecule has 4 rings (SSSR count). The Morgan fingerprint density at radius 3 is 2.55 bits per heavy atom. The van der Waals surface area contributed by atoms with Crippen molar-refractivity contribution in [1.82, 2.24) is 20.0 Å². The van der Waals surface area contributed by atoms with Gasteiger partial charge in [-0.3, -0.25) is 9.78 Å². The van der Waals surface area contributed by atoms with Crippen molar-refractivity contribution in [3.05, 3.63) is 77.2 Å². The Morgan fingerprint density at radius 2 is 1.83 bits per heavy atom. The number of alkyl halides is 3. The maximum Gasteiger partial charge on any atom is 0.435 e. The fourth-order valence-electron chi connectivity index (χ4n) is 2.86. The molecule has 146 valence electrons. The number of rotatable bonds is 3. The molecule has 0 radical (unpaired) electrons. The largest absolute Gasteiger partial charge is 0.435 e. The number of amides is 1. The summed E-state index contributed by atoms with van der Waals surface area (Å²) in [7, 11) is 0. The Kier molecular flexibility index (Phi) is 4.67. The van der Waals surface area contributed by atoms with Gasteiger partial charge in [0.15, 0.2) is 11.4 Å². The van der Waals surface area contributed by atoms with E-state index in [1.165, 1.54) is 30.5 Å². The molecule has 10 heteroatoms. The molecule has 0 saturated carbocycles. The summed E-state index contributed by atoms with van der Waals surface area (Å²) in [6.45, 7) is 0. The number of carbonyl (C=O) groups is 1. The first-order valence-corrected chi connectivity index (χ1v) is 8.66. The van der Waals surface area contributed by atoms with Gasteiger partial charge in [0.2, 0.25) is 0 Å². The molecule has 29 heavy (non-hydrogen) atoms. The molecule has 6 nitrogen and oxygen atoms in total. The number of carbonyl (C=O) groups excluding carboxylic acids is 1. The van der Waals surface area contributed by atoms with Gasteiger partial charge in [0.1, 0.15) is 0 Å². The van der Waals surface area contributed by atoms with E-state index in [2.05, 4.69) is 20.6 Å². The van der Waals surface area contributed by atoms with Crippen molar-refractivity contribution in [2.75, 3.05) is 5.32 Å². The van der Waals surface area contributed by atoms with Gasteiger partial charge in [-0.15, -0.1) is 5.10 Å². The number of fused-ring (bicyclic) bond motifs is 1. The van der Waals surface area contributed by atoms with Crippen LogP contribution in [0.15, 0.2) is 60.8 Å². The predicted molar refractivity (Wildman–Crippen MR) is 101 cm³/mol. The molecular weight excluding hydrogens is 407 g/mol. The number of anilines is 1. The number of hydrogen-bond donors (Lipinski definition) is 1. The molecule has 0 atom stereocenters. The van der Waals surface area contributed by atoms with Crippen molar-refractivity contribution >= 4 is 34.1 Å². The lowest BCUT2D eigenvalue weighted by molar-refractivity contribution is -0.143. The van der Waals surface area contributed by atoms with Gasteiger partial charge in [0.05, 0.1) is 11.2 Å². The highest BCUT2D eigenvalue weighted by molar-refractivity contribution is 6.31. The molecule has 4 aromatic rings. The fraction of sp³-hybridized carbons (Fsp3) is 0.0526. The van der Waals surface area contributed by atoms with Gasteiger partial charge in [-0.2, -0.15) is 13.2 Å². The van der Waals surface area contributed by atoms with E-state index in [4.69, 9.17) is 11.6 Å². The lowest BCUT2D eigenvalue weighted by Crippen LogP contribution is -2.21. The monoisotopic (exact) mass is 417 g/mol.